The number of aromatic nitrogens is 4. The second-order valence-electron chi connectivity index (χ2n) is 15.3. The summed E-state index contributed by atoms with van der Waals surface area (Å²) in [5.41, 5.74) is 2.81. The molecule has 4 heterocycles. The number of hydrogen-bond acceptors (Lipinski definition) is 10. The maximum atomic E-state index is 14.6. The fourth-order valence-electron chi connectivity index (χ4n) is 9.44. The van der Waals surface area contributed by atoms with E-state index in [9.17, 15) is 24.4 Å². The van der Waals surface area contributed by atoms with E-state index in [1.165, 1.54) is 18.0 Å². The van der Waals surface area contributed by atoms with Gasteiger partial charge in [0.05, 0.1) is 37.6 Å². The number of carbonyl (C=O) groups is 2. The number of fused-ring (bicyclic) bond motifs is 2. The summed E-state index contributed by atoms with van der Waals surface area (Å²) in [6.07, 6.45) is 7.49. The van der Waals surface area contributed by atoms with Crippen LogP contribution in [-0.2, 0) is 22.5 Å². The van der Waals surface area contributed by atoms with Gasteiger partial charge in [0.1, 0.15) is 18.0 Å². The van der Waals surface area contributed by atoms with Crippen molar-refractivity contribution in [3.8, 4) is 5.75 Å². The summed E-state index contributed by atoms with van der Waals surface area (Å²) < 4.78 is 12.9. The zero-order valence-electron chi connectivity index (χ0n) is 29.7. The third kappa shape index (κ3) is 5.30. The zero-order chi connectivity index (χ0) is 35.8. The van der Waals surface area contributed by atoms with Crippen LogP contribution in [0.3, 0.4) is 0 Å². The first kappa shape index (κ1) is 33.9. The highest BCUT2D eigenvalue weighted by molar-refractivity contribution is 6.60. The fourth-order valence-corrected chi connectivity index (χ4v) is 9.44. The van der Waals surface area contributed by atoms with Gasteiger partial charge in [-0.25, -0.2) is 0 Å². The lowest BCUT2D eigenvalue weighted by molar-refractivity contribution is -0.187. The van der Waals surface area contributed by atoms with Gasteiger partial charge in [0.25, 0.3) is 5.91 Å². The van der Waals surface area contributed by atoms with Crippen molar-refractivity contribution in [2.24, 2.45) is 11.3 Å². The smallest absolute Gasteiger partial charge is 0.489 e. The van der Waals surface area contributed by atoms with Crippen molar-refractivity contribution in [2.45, 2.75) is 89.9 Å². The third-order valence-electron chi connectivity index (χ3n) is 12.3. The van der Waals surface area contributed by atoms with Crippen LogP contribution in [0.4, 0.5) is 5.69 Å². The van der Waals surface area contributed by atoms with Crippen molar-refractivity contribution in [1.82, 2.24) is 29.8 Å². The SMILES string of the molecule is CCc1c(N2CCN(C(=O)c3c(OC)cccc3B(O)O)[C@H]3CC[C@@H]32)c(=O)c2nn(C3=CCOCC3)nc2n1CC(=O)NC12CC(C(C)C)(C1)C2. The molecule has 5 fully saturated rings. The molecule has 4 aliphatic carbocycles. The normalized spacial score (nSPS) is 26.5. The molecule has 15 heteroatoms. The number of anilines is 1. The molecule has 2 atom stereocenters. The van der Waals surface area contributed by atoms with Crippen LogP contribution >= 0.6 is 0 Å². The molecular weight excluding hydrogens is 653 g/mol. The standard InChI is InChI=1S/C36H46BN7O7/c1-5-24-31(41-13-14-42(26-10-9-25(26)41)34(47)29-23(37(48)49)7-6-8-27(29)50-4)32(46)30-33(40-44(39-30)22-11-15-51-16-12-22)43(24)17-28(45)38-36-18-35(19-36,20-36)21(2)3/h6-8,11,21,25-26,48-49H,5,9-10,12-20H2,1-4H3,(H,38,45)/t25-,26-,35?,36?/m0/s1. The molecule has 1 aromatic carbocycles. The quantitative estimate of drug-likeness (QED) is 0.263. The number of nitrogens with zero attached hydrogens (tertiary/aromatic N) is 6. The first-order valence-corrected chi connectivity index (χ1v) is 18.2. The molecule has 0 spiro atoms. The first-order chi connectivity index (χ1) is 24.5. The summed E-state index contributed by atoms with van der Waals surface area (Å²) in [6, 6.07) is 4.40. The highest BCUT2D eigenvalue weighted by atomic mass is 16.5. The van der Waals surface area contributed by atoms with Crippen LogP contribution in [-0.4, -0.2) is 104 Å². The Morgan fingerprint density at radius 2 is 1.90 bits per heavy atom. The van der Waals surface area contributed by atoms with Crippen LogP contribution in [0.15, 0.2) is 29.1 Å². The van der Waals surface area contributed by atoms with Crippen LogP contribution in [0, 0.1) is 11.3 Å². The van der Waals surface area contributed by atoms with Crippen LogP contribution < -0.4 is 25.8 Å². The molecule has 2 bridgehead atoms. The van der Waals surface area contributed by atoms with Gasteiger partial charge >= 0.3 is 7.12 Å². The molecule has 3 N–H and O–H groups in total. The molecule has 0 unspecified atom stereocenters. The largest absolute Gasteiger partial charge is 0.496 e. The molecule has 2 amide bonds. The number of piperazine rings is 1. The molecule has 2 aromatic heterocycles. The van der Waals surface area contributed by atoms with Crippen LogP contribution in [0.5, 0.6) is 5.75 Å². The summed E-state index contributed by atoms with van der Waals surface area (Å²) >= 11 is 0. The van der Waals surface area contributed by atoms with Crippen molar-refractivity contribution in [3.63, 3.8) is 0 Å². The Morgan fingerprint density at radius 1 is 1.14 bits per heavy atom. The van der Waals surface area contributed by atoms with Gasteiger partial charge < -0.3 is 39.2 Å². The second kappa shape index (κ2) is 12.5. The van der Waals surface area contributed by atoms with E-state index >= 15 is 0 Å². The third-order valence-corrected chi connectivity index (χ3v) is 12.3. The van der Waals surface area contributed by atoms with Crippen LogP contribution in [0.2, 0.25) is 0 Å². The number of rotatable bonds is 10. The van der Waals surface area contributed by atoms with Gasteiger partial charge in [-0.2, -0.15) is 4.80 Å². The maximum Gasteiger partial charge on any atom is 0.489 e. The summed E-state index contributed by atoms with van der Waals surface area (Å²) in [6.45, 7) is 8.15. The highest BCUT2D eigenvalue weighted by Gasteiger charge is 2.69. The molecule has 2 aliphatic heterocycles. The van der Waals surface area contributed by atoms with Gasteiger partial charge in [0, 0.05) is 36.8 Å². The lowest BCUT2D eigenvalue weighted by atomic mass is 9.36. The van der Waals surface area contributed by atoms with E-state index < -0.39 is 7.12 Å². The first-order valence-electron chi connectivity index (χ1n) is 18.2. The molecule has 6 aliphatic rings. The number of ether oxygens (including phenoxy) is 2. The van der Waals surface area contributed by atoms with Gasteiger partial charge in [-0.1, -0.05) is 32.9 Å². The molecule has 9 rings (SSSR count). The minimum absolute atomic E-state index is 0.0108. The summed E-state index contributed by atoms with van der Waals surface area (Å²) in [5, 5.41) is 33.1. The number of benzene rings is 1. The van der Waals surface area contributed by atoms with Crippen molar-refractivity contribution >= 4 is 46.9 Å². The highest BCUT2D eigenvalue weighted by Crippen LogP contribution is 2.70. The van der Waals surface area contributed by atoms with E-state index in [0.717, 1.165) is 37.8 Å². The number of carbonyl (C=O) groups excluding carboxylic acids is 2. The number of pyridine rings is 1. The van der Waals surface area contributed by atoms with E-state index in [-0.39, 0.29) is 63.7 Å². The maximum absolute atomic E-state index is 14.6. The molecule has 1 saturated heterocycles. The summed E-state index contributed by atoms with van der Waals surface area (Å²) in [7, 11) is -0.397. The minimum Gasteiger partial charge on any atom is -0.496 e. The van der Waals surface area contributed by atoms with Gasteiger partial charge in [-0.05, 0) is 67.5 Å². The van der Waals surface area contributed by atoms with Gasteiger partial charge in [-0.15, -0.1) is 10.2 Å². The predicted molar refractivity (Wildman–Crippen MR) is 191 cm³/mol. The topological polar surface area (TPSA) is 164 Å². The van der Waals surface area contributed by atoms with Gasteiger partial charge in [0.15, 0.2) is 11.2 Å². The van der Waals surface area contributed by atoms with Gasteiger partial charge in [0.2, 0.25) is 11.3 Å². The van der Waals surface area contributed by atoms with E-state index in [2.05, 4.69) is 24.1 Å². The Kier molecular flexibility index (Phi) is 8.30. The van der Waals surface area contributed by atoms with Crippen molar-refractivity contribution in [1.29, 1.82) is 0 Å². The van der Waals surface area contributed by atoms with E-state index in [1.54, 1.807) is 17.0 Å². The number of methoxy groups -OCH3 is 1. The molecule has 4 saturated carbocycles. The minimum atomic E-state index is -1.84. The van der Waals surface area contributed by atoms with Crippen LogP contribution in [0.1, 0.15) is 75.3 Å². The number of hydrogen-bond donors (Lipinski definition) is 3. The van der Waals surface area contributed by atoms with Gasteiger partial charge in [-0.3, -0.25) is 14.4 Å². The van der Waals surface area contributed by atoms with Crippen molar-refractivity contribution in [2.75, 3.05) is 38.3 Å². The predicted octanol–water partition coefficient (Wildman–Crippen LogP) is 1.29. The van der Waals surface area contributed by atoms with E-state index in [1.807, 2.05) is 17.6 Å². The van der Waals surface area contributed by atoms with Crippen molar-refractivity contribution < 1.29 is 29.1 Å². The Labute approximate surface area is 296 Å². The monoisotopic (exact) mass is 699 g/mol. The Hall–Kier alpha value is -4.21. The molecule has 270 valence electrons. The van der Waals surface area contributed by atoms with Crippen LogP contribution in [0.25, 0.3) is 16.9 Å². The van der Waals surface area contributed by atoms with Crippen molar-refractivity contribution in [3.05, 3.63) is 45.8 Å². The lowest BCUT2D eigenvalue weighted by Crippen LogP contribution is -2.76. The molecule has 51 heavy (non-hydrogen) atoms. The Balaban J connectivity index is 1.15. The average molecular weight is 700 g/mol. The average Bonchev–Trinajstić information content (AvgIpc) is 3.53. The van der Waals surface area contributed by atoms with E-state index in [4.69, 9.17) is 19.7 Å². The second-order valence-corrected chi connectivity index (χ2v) is 15.3. The molecule has 0 radical (unpaired) electrons. The lowest BCUT2D eigenvalue weighted by Gasteiger charge is -2.72. The molecular formula is C36H46BN7O7. The van der Waals surface area contributed by atoms with E-state index in [0.29, 0.717) is 67.5 Å². The number of nitrogens with one attached hydrogen (secondary N) is 1. The fraction of sp³-hybridized carbons (Fsp3) is 0.583. The molecule has 3 aromatic rings. The number of amides is 2. The Bertz CT molecular complexity index is 1990. The zero-order valence-corrected chi connectivity index (χ0v) is 29.7. The molecule has 14 nitrogen and oxygen atoms in total. The summed E-state index contributed by atoms with van der Waals surface area (Å²) in [5.74, 6) is 0.409. The summed E-state index contributed by atoms with van der Waals surface area (Å²) in [4.78, 5) is 47.9. The Morgan fingerprint density at radius 3 is 2.53 bits per heavy atom.